The van der Waals surface area contributed by atoms with E-state index in [9.17, 15) is 5.26 Å². The molecular formula is C25H28N6O2. The number of rotatable bonds is 7. The SMILES string of the molecule is CCOc1cc(-c2ccc(N3CCC(NCC#CCOC)CC3)nc2)c2c(C#N)cnn2c1. The number of hydrogen-bond donors (Lipinski definition) is 1. The molecular weight excluding hydrogens is 416 g/mol. The number of nitrogens with one attached hydrogen (secondary N) is 1. The minimum Gasteiger partial charge on any atom is -0.492 e. The van der Waals surface area contributed by atoms with E-state index in [1.807, 2.05) is 25.3 Å². The van der Waals surface area contributed by atoms with Crippen LogP contribution in [0.25, 0.3) is 16.6 Å². The van der Waals surface area contributed by atoms with E-state index in [2.05, 4.69) is 39.3 Å². The van der Waals surface area contributed by atoms with E-state index in [0.29, 0.717) is 37.1 Å². The summed E-state index contributed by atoms with van der Waals surface area (Å²) in [4.78, 5) is 7.05. The second-order valence-corrected chi connectivity index (χ2v) is 7.82. The third-order valence-corrected chi connectivity index (χ3v) is 5.72. The maximum atomic E-state index is 9.52. The Hall–Kier alpha value is -3.59. The van der Waals surface area contributed by atoms with Crippen LogP contribution in [0.1, 0.15) is 25.3 Å². The van der Waals surface area contributed by atoms with Crippen LogP contribution in [0.4, 0.5) is 5.82 Å². The minimum absolute atomic E-state index is 0.471. The van der Waals surface area contributed by atoms with Crippen molar-refractivity contribution < 1.29 is 9.47 Å². The number of piperidine rings is 1. The summed E-state index contributed by atoms with van der Waals surface area (Å²) in [5.74, 6) is 7.72. The summed E-state index contributed by atoms with van der Waals surface area (Å²) in [5.41, 5.74) is 3.09. The molecule has 3 aromatic rings. The predicted molar refractivity (Wildman–Crippen MR) is 127 cm³/mol. The lowest BCUT2D eigenvalue weighted by molar-refractivity contribution is 0.239. The fraction of sp³-hybridized carbons (Fsp3) is 0.400. The third kappa shape index (κ3) is 5.25. The zero-order valence-electron chi connectivity index (χ0n) is 19.0. The van der Waals surface area contributed by atoms with Gasteiger partial charge < -0.3 is 19.7 Å². The fourth-order valence-corrected chi connectivity index (χ4v) is 4.07. The Morgan fingerprint density at radius 3 is 2.76 bits per heavy atom. The molecule has 4 rings (SSSR count). The van der Waals surface area contributed by atoms with Crippen molar-refractivity contribution in [2.45, 2.75) is 25.8 Å². The van der Waals surface area contributed by atoms with Crippen LogP contribution < -0.4 is 15.0 Å². The Labute approximate surface area is 194 Å². The highest BCUT2D eigenvalue weighted by Crippen LogP contribution is 2.31. The molecule has 0 aromatic carbocycles. The van der Waals surface area contributed by atoms with Crippen molar-refractivity contribution in [2.75, 3.05) is 44.9 Å². The summed E-state index contributed by atoms with van der Waals surface area (Å²) < 4.78 is 12.3. The highest BCUT2D eigenvalue weighted by Gasteiger charge is 2.20. The number of ether oxygens (including phenoxy) is 2. The molecule has 3 aromatic heterocycles. The van der Waals surface area contributed by atoms with Gasteiger partial charge in [0.1, 0.15) is 24.2 Å². The van der Waals surface area contributed by atoms with Crippen LogP contribution in [0, 0.1) is 23.2 Å². The molecule has 1 aliphatic heterocycles. The summed E-state index contributed by atoms with van der Waals surface area (Å²) in [5, 5.41) is 17.3. The number of methoxy groups -OCH3 is 1. The molecule has 33 heavy (non-hydrogen) atoms. The molecule has 0 radical (unpaired) electrons. The largest absolute Gasteiger partial charge is 0.492 e. The van der Waals surface area contributed by atoms with E-state index in [-0.39, 0.29) is 0 Å². The van der Waals surface area contributed by atoms with Crippen molar-refractivity contribution >= 4 is 11.3 Å². The fourth-order valence-electron chi connectivity index (χ4n) is 4.07. The molecule has 0 atom stereocenters. The normalized spacial score (nSPS) is 14.0. The molecule has 0 aliphatic carbocycles. The van der Waals surface area contributed by atoms with Crippen molar-refractivity contribution in [1.82, 2.24) is 19.9 Å². The number of hydrogen-bond acceptors (Lipinski definition) is 7. The van der Waals surface area contributed by atoms with E-state index in [1.54, 1.807) is 24.0 Å². The second-order valence-electron chi connectivity index (χ2n) is 7.82. The molecule has 1 N–H and O–H groups in total. The van der Waals surface area contributed by atoms with Crippen LogP contribution in [0.15, 0.2) is 36.8 Å². The third-order valence-electron chi connectivity index (χ3n) is 5.72. The lowest BCUT2D eigenvalue weighted by Crippen LogP contribution is -2.42. The van der Waals surface area contributed by atoms with Gasteiger partial charge in [0.2, 0.25) is 0 Å². The Morgan fingerprint density at radius 1 is 1.21 bits per heavy atom. The lowest BCUT2D eigenvalue weighted by Gasteiger charge is -2.33. The molecule has 170 valence electrons. The highest BCUT2D eigenvalue weighted by molar-refractivity contribution is 5.85. The summed E-state index contributed by atoms with van der Waals surface area (Å²) in [6.45, 7) is 5.55. The van der Waals surface area contributed by atoms with E-state index >= 15 is 0 Å². The van der Waals surface area contributed by atoms with Gasteiger partial charge in [0.25, 0.3) is 0 Å². The number of nitrogens with zero attached hydrogens (tertiary/aromatic N) is 5. The van der Waals surface area contributed by atoms with Crippen molar-refractivity contribution in [3.63, 3.8) is 0 Å². The van der Waals surface area contributed by atoms with Gasteiger partial charge in [-0.05, 0) is 38.0 Å². The molecule has 4 heterocycles. The van der Waals surface area contributed by atoms with Gasteiger partial charge in [-0.2, -0.15) is 10.4 Å². The number of anilines is 1. The van der Waals surface area contributed by atoms with E-state index in [1.165, 1.54) is 0 Å². The van der Waals surface area contributed by atoms with Crippen molar-refractivity contribution in [3.05, 3.63) is 42.4 Å². The van der Waals surface area contributed by atoms with Gasteiger partial charge >= 0.3 is 0 Å². The first kappa shape index (κ1) is 22.6. The van der Waals surface area contributed by atoms with Gasteiger partial charge in [0.15, 0.2) is 0 Å². The lowest BCUT2D eigenvalue weighted by atomic mass is 10.0. The molecule has 1 fully saturated rings. The highest BCUT2D eigenvalue weighted by atomic mass is 16.5. The Kier molecular flexibility index (Phi) is 7.41. The summed E-state index contributed by atoms with van der Waals surface area (Å²) in [6.07, 6.45) is 7.34. The van der Waals surface area contributed by atoms with Crippen LogP contribution in [0.3, 0.4) is 0 Å². The Morgan fingerprint density at radius 2 is 2.06 bits per heavy atom. The van der Waals surface area contributed by atoms with E-state index < -0.39 is 0 Å². The van der Waals surface area contributed by atoms with E-state index in [4.69, 9.17) is 14.5 Å². The molecule has 8 heteroatoms. The van der Waals surface area contributed by atoms with Crippen LogP contribution in [-0.2, 0) is 4.74 Å². The van der Waals surface area contributed by atoms with Gasteiger partial charge in [-0.1, -0.05) is 11.8 Å². The molecule has 1 aliphatic rings. The maximum absolute atomic E-state index is 9.52. The van der Waals surface area contributed by atoms with Gasteiger partial charge in [-0.25, -0.2) is 9.50 Å². The average molecular weight is 445 g/mol. The Balaban J connectivity index is 1.46. The average Bonchev–Trinajstić information content (AvgIpc) is 3.27. The van der Waals surface area contributed by atoms with Crippen molar-refractivity contribution in [3.8, 4) is 34.8 Å². The van der Waals surface area contributed by atoms with Gasteiger partial charge in [-0.3, -0.25) is 0 Å². The predicted octanol–water partition coefficient (Wildman–Crippen LogP) is 2.87. The van der Waals surface area contributed by atoms with Crippen LogP contribution in [-0.4, -0.2) is 60.6 Å². The van der Waals surface area contributed by atoms with Crippen molar-refractivity contribution in [2.24, 2.45) is 0 Å². The molecule has 0 amide bonds. The maximum Gasteiger partial charge on any atom is 0.138 e. The first-order valence-corrected chi connectivity index (χ1v) is 11.2. The molecule has 1 saturated heterocycles. The van der Waals surface area contributed by atoms with Crippen LogP contribution in [0.5, 0.6) is 5.75 Å². The zero-order chi connectivity index (χ0) is 23.0. The first-order chi connectivity index (χ1) is 16.2. The zero-order valence-corrected chi connectivity index (χ0v) is 19.0. The molecule has 0 unspecified atom stereocenters. The summed E-state index contributed by atoms with van der Waals surface area (Å²) in [6, 6.07) is 8.75. The molecule has 8 nitrogen and oxygen atoms in total. The molecule has 0 spiro atoms. The molecule has 0 saturated carbocycles. The van der Waals surface area contributed by atoms with Crippen LogP contribution in [0.2, 0.25) is 0 Å². The van der Waals surface area contributed by atoms with Crippen LogP contribution >= 0.6 is 0 Å². The number of pyridine rings is 2. The van der Waals surface area contributed by atoms with Gasteiger partial charge in [0, 0.05) is 43.6 Å². The Bertz CT molecular complexity index is 1180. The molecule has 0 bridgehead atoms. The first-order valence-electron chi connectivity index (χ1n) is 11.2. The summed E-state index contributed by atoms with van der Waals surface area (Å²) >= 11 is 0. The standard InChI is InChI=1S/C25H28N6O2/c1-3-33-22-14-23(25-20(15-26)17-29-31(25)18-22)19-6-7-24(28-16-19)30-11-8-21(9-12-30)27-10-4-5-13-32-2/h6-7,14,16-18,21,27H,3,8-13H2,1-2H3. The van der Waals surface area contributed by atoms with Crippen molar-refractivity contribution in [1.29, 1.82) is 5.26 Å². The van der Waals surface area contributed by atoms with E-state index in [0.717, 1.165) is 48.4 Å². The number of fused-ring (bicyclic) bond motifs is 1. The van der Waals surface area contributed by atoms with Gasteiger partial charge in [-0.15, -0.1) is 0 Å². The quantitative estimate of drug-likeness (QED) is 0.561. The number of aromatic nitrogens is 3. The number of nitriles is 1. The smallest absolute Gasteiger partial charge is 0.138 e. The second kappa shape index (κ2) is 10.8. The van der Waals surface area contributed by atoms with Gasteiger partial charge in [0.05, 0.1) is 36.6 Å². The summed E-state index contributed by atoms with van der Waals surface area (Å²) in [7, 11) is 1.65. The minimum atomic E-state index is 0.471. The topological polar surface area (TPSA) is 87.7 Å². The monoisotopic (exact) mass is 444 g/mol.